The molecule has 0 bridgehead atoms. The summed E-state index contributed by atoms with van der Waals surface area (Å²) < 4.78 is 27.2. The molecule has 0 radical (unpaired) electrons. The fourth-order valence-electron chi connectivity index (χ4n) is 1.72. The third kappa shape index (κ3) is 3.58. The fourth-order valence-corrected chi connectivity index (χ4v) is 2.47. The fraction of sp³-hybridized carbons (Fsp3) is 0.357. The van der Waals surface area contributed by atoms with Gasteiger partial charge in [-0.25, -0.2) is 13.8 Å². The van der Waals surface area contributed by atoms with Crippen molar-refractivity contribution in [3.63, 3.8) is 0 Å². The second kappa shape index (κ2) is 6.21. The number of rotatable bonds is 5. The maximum absolute atomic E-state index is 13.6. The van der Waals surface area contributed by atoms with E-state index >= 15 is 0 Å². The lowest BCUT2D eigenvalue weighted by molar-refractivity contribution is 0.551. The molecule has 1 aromatic carbocycles. The van der Waals surface area contributed by atoms with Crippen LogP contribution in [0.15, 0.2) is 23.6 Å². The second-order valence-corrected chi connectivity index (χ2v) is 5.69. The van der Waals surface area contributed by atoms with E-state index in [1.165, 1.54) is 29.5 Å². The van der Waals surface area contributed by atoms with E-state index in [1.54, 1.807) is 5.38 Å². The number of hydrogen-bond donors (Lipinski definition) is 1. The van der Waals surface area contributed by atoms with Gasteiger partial charge in [-0.2, -0.15) is 0 Å². The summed E-state index contributed by atoms with van der Waals surface area (Å²) >= 11 is 1.41. The van der Waals surface area contributed by atoms with Crippen LogP contribution in [0.2, 0.25) is 0 Å². The molecule has 1 aromatic heterocycles. The number of aromatic nitrogens is 1. The Morgan fingerprint density at radius 2 is 1.95 bits per heavy atom. The van der Waals surface area contributed by atoms with Gasteiger partial charge in [0.25, 0.3) is 0 Å². The molecule has 5 heteroatoms. The number of nitrogens with one attached hydrogen (secondary N) is 1. The number of thiazole rings is 1. The summed E-state index contributed by atoms with van der Waals surface area (Å²) in [7, 11) is 0. The van der Waals surface area contributed by atoms with Crippen molar-refractivity contribution in [1.82, 2.24) is 10.3 Å². The monoisotopic (exact) mass is 282 g/mol. The average molecular weight is 282 g/mol. The van der Waals surface area contributed by atoms with Crippen molar-refractivity contribution < 1.29 is 8.78 Å². The third-order valence-electron chi connectivity index (χ3n) is 2.60. The first-order valence-corrected chi connectivity index (χ1v) is 7.05. The Balaban J connectivity index is 2.12. The summed E-state index contributed by atoms with van der Waals surface area (Å²) in [5.41, 5.74) is 0.316. The quantitative estimate of drug-likeness (QED) is 0.901. The largest absolute Gasteiger partial charge is 0.310 e. The highest BCUT2D eigenvalue weighted by Crippen LogP contribution is 2.27. The van der Waals surface area contributed by atoms with Crippen LogP contribution in [0.25, 0.3) is 11.3 Å². The third-order valence-corrected chi connectivity index (χ3v) is 3.45. The van der Waals surface area contributed by atoms with Gasteiger partial charge in [-0.3, -0.25) is 0 Å². The predicted octanol–water partition coefficient (Wildman–Crippen LogP) is 3.83. The molecule has 1 N–H and O–H groups in total. The van der Waals surface area contributed by atoms with Gasteiger partial charge in [0.15, 0.2) is 0 Å². The van der Waals surface area contributed by atoms with Gasteiger partial charge in [0.05, 0.1) is 11.3 Å². The Kier molecular flexibility index (Phi) is 4.61. The Hall–Kier alpha value is -1.33. The van der Waals surface area contributed by atoms with E-state index in [9.17, 15) is 8.78 Å². The lowest BCUT2D eigenvalue weighted by atomic mass is 10.1. The van der Waals surface area contributed by atoms with Gasteiger partial charge in [-0.05, 0) is 24.6 Å². The molecule has 0 aliphatic heterocycles. The molecule has 0 aliphatic carbocycles. The number of hydrogen-bond acceptors (Lipinski definition) is 3. The zero-order valence-corrected chi connectivity index (χ0v) is 11.7. The van der Waals surface area contributed by atoms with Crippen molar-refractivity contribution in [3.8, 4) is 11.3 Å². The number of halogens is 2. The first-order chi connectivity index (χ1) is 9.08. The normalized spacial score (nSPS) is 11.2. The van der Waals surface area contributed by atoms with Gasteiger partial charge in [-0.1, -0.05) is 19.9 Å². The standard InChI is InChI=1S/C14H16F2N2S/c1-9(2)6-17-7-13-18-12(8-19-13)14-10(15)4-3-5-11(14)16/h3-5,8-9,17H,6-7H2,1-2H3. The zero-order chi connectivity index (χ0) is 13.8. The van der Waals surface area contributed by atoms with E-state index in [0.717, 1.165) is 11.6 Å². The minimum Gasteiger partial charge on any atom is -0.310 e. The SMILES string of the molecule is CC(C)CNCc1nc(-c2c(F)cccc2F)cs1. The Morgan fingerprint density at radius 3 is 2.58 bits per heavy atom. The molecule has 0 saturated heterocycles. The van der Waals surface area contributed by atoms with E-state index in [4.69, 9.17) is 0 Å². The number of benzene rings is 1. The molecule has 19 heavy (non-hydrogen) atoms. The summed E-state index contributed by atoms with van der Waals surface area (Å²) in [6.07, 6.45) is 0. The zero-order valence-electron chi connectivity index (χ0n) is 10.9. The molecule has 0 amide bonds. The lowest BCUT2D eigenvalue weighted by Crippen LogP contribution is -2.18. The van der Waals surface area contributed by atoms with Crippen LogP contribution in [0.3, 0.4) is 0 Å². The highest BCUT2D eigenvalue weighted by Gasteiger charge is 2.14. The highest BCUT2D eigenvalue weighted by atomic mass is 32.1. The van der Waals surface area contributed by atoms with E-state index in [1.807, 2.05) is 0 Å². The minimum absolute atomic E-state index is 0.0474. The summed E-state index contributed by atoms with van der Waals surface area (Å²) in [4.78, 5) is 4.28. The van der Waals surface area contributed by atoms with Crippen LogP contribution in [-0.4, -0.2) is 11.5 Å². The van der Waals surface area contributed by atoms with Gasteiger partial charge >= 0.3 is 0 Å². The molecule has 0 aliphatic rings. The molecular weight excluding hydrogens is 266 g/mol. The van der Waals surface area contributed by atoms with Crippen molar-refractivity contribution in [1.29, 1.82) is 0 Å². The van der Waals surface area contributed by atoms with Crippen LogP contribution in [0.1, 0.15) is 18.9 Å². The van der Waals surface area contributed by atoms with Gasteiger partial charge in [0.1, 0.15) is 16.6 Å². The summed E-state index contributed by atoms with van der Waals surface area (Å²) in [5.74, 6) is -0.595. The average Bonchev–Trinajstić information content (AvgIpc) is 2.77. The number of nitrogens with zero attached hydrogens (tertiary/aromatic N) is 1. The van der Waals surface area contributed by atoms with Crippen LogP contribution < -0.4 is 5.32 Å². The van der Waals surface area contributed by atoms with E-state index in [0.29, 0.717) is 18.2 Å². The van der Waals surface area contributed by atoms with Crippen molar-refractivity contribution >= 4 is 11.3 Å². The summed E-state index contributed by atoms with van der Waals surface area (Å²) in [5, 5.41) is 5.78. The Labute approximate surface area is 115 Å². The molecule has 2 aromatic rings. The van der Waals surface area contributed by atoms with Gasteiger partial charge in [0.2, 0.25) is 0 Å². The Bertz CT molecular complexity index is 532. The molecule has 102 valence electrons. The van der Waals surface area contributed by atoms with Crippen molar-refractivity contribution in [2.45, 2.75) is 20.4 Å². The molecule has 0 spiro atoms. The smallest absolute Gasteiger partial charge is 0.135 e. The predicted molar refractivity (Wildman–Crippen MR) is 74.0 cm³/mol. The summed E-state index contributed by atoms with van der Waals surface area (Å²) in [6, 6.07) is 3.84. The summed E-state index contributed by atoms with van der Waals surface area (Å²) in [6.45, 7) is 5.76. The highest BCUT2D eigenvalue weighted by molar-refractivity contribution is 7.09. The second-order valence-electron chi connectivity index (χ2n) is 4.75. The first kappa shape index (κ1) is 14.1. The van der Waals surface area contributed by atoms with Crippen LogP contribution in [0, 0.1) is 17.6 Å². The van der Waals surface area contributed by atoms with Gasteiger partial charge in [0, 0.05) is 11.9 Å². The molecule has 0 atom stereocenters. The lowest BCUT2D eigenvalue weighted by Gasteiger charge is -2.04. The van der Waals surface area contributed by atoms with E-state index < -0.39 is 11.6 Å². The maximum Gasteiger partial charge on any atom is 0.135 e. The molecule has 2 rings (SSSR count). The molecule has 0 fully saturated rings. The van der Waals surface area contributed by atoms with Crippen LogP contribution in [-0.2, 0) is 6.54 Å². The Morgan fingerprint density at radius 1 is 1.26 bits per heavy atom. The van der Waals surface area contributed by atoms with Crippen molar-refractivity contribution in [2.75, 3.05) is 6.54 Å². The molecule has 2 nitrogen and oxygen atoms in total. The van der Waals surface area contributed by atoms with Crippen LogP contribution >= 0.6 is 11.3 Å². The molecule has 0 saturated carbocycles. The van der Waals surface area contributed by atoms with Crippen LogP contribution in [0.5, 0.6) is 0 Å². The van der Waals surface area contributed by atoms with Crippen molar-refractivity contribution in [3.05, 3.63) is 40.2 Å². The molecule has 1 heterocycles. The van der Waals surface area contributed by atoms with Gasteiger partial charge in [-0.15, -0.1) is 11.3 Å². The minimum atomic E-state index is -0.577. The molecular formula is C14H16F2N2S. The molecule has 0 unspecified atom stereocenters. The maximum atomic E-state index is 13.6. The van der Waals surface area contributed by atoms with Gasteiger partial charge < -0.3 is 5.32 Å². The van der Waals surface area contributed by atoms with Crippen LogP contribution in [0.4, 0.5) is 8.78 Å². The topological polar surface area (TPSA) is 24.9 Å². The van der Waals surface area contributed by atoms with E-state index in [2.05, 4.69) is 24.1 Å². The van der Waals surface area contributed by atoms with E-state index in [-0.39, 0.29) is 5.56 Å². The van der Waals surface area contributed by atoms with Crippen molar-refractivity contribution in [2.24, 2.45) is 5.92 Å². The first-order valence-electron chi connectivity index (χ1n) is 6.17.